The molecule has 2 N–H and O–H groups in total. The van der Waals surface area contributed by atoms with Gasteiger partial charge >= 0.3 is 0 Å². The van der Waals surface area contributed by atoms with Crippen molar-refractivity contribution in [1.82, 2.24) is 15.4 Å². The molecule has 24 heavy (non-hydrogen) atoms. The van der Waals surface area contributed by atoms with Crippen molar-refractivity contribution >= 4 is 17.7 Å². The van der Waals surface area contributed by atoms with Gasteiger partial charge in [-0.25, -0.2) is 0 Å². The average Bonchev–Trinajstić information content (AvgIpc) is 2.91. The Labute approximate surface area is 142 Å². The number of rotatable bonds is 9. The normalized spacial score (nSPS) is 11.6. The molecule has 0 saturated carbocycles. The first-order valence-electron chi connectivity index (χ1n) is 7.93. The number of nitrogens with one attached hydrogen (secondary N) is 2. The molecule has 136 valence electrons. The van der Waals surface area contributed by atoms with Crippen molar-refractivity contribution in [3.8, 4) is 0 Å². The first kappa shape index (κ1) is 20.1. The van der Waals surface area contributed by atoms with E-state index in [2.05, 4.69) is 15.8 Å². The fourth-order valence-corrected chi connectivity index (χ4v) is 1.91. The molecule has 0 aliphatic carbocycles. The first-order chi connectivity index (χ1) is 11.2. The molecule has 0 aromatic carbocycles. The van der Waals surface area contributed by atoms with Crippen LogP contribution in [0.15, 0.2) is 10.6 Å². The van der Waals surface area contributed by atoms with E-state index in [0.717, 1.165) is 12.1 Å². The number of nitrogens with zero attached hydrogens (tertiary/aromatic N) is 2. The Morgan fingerprint density at radius 1 is 1.29 bits per heavy atom. The molecule has 0 fully saturated rings. The third-order valence-corrected chi connectivity index (χ3v) is 3.22. The number of methoxy groups -OCH3 is 1. The fraction of sp³-hybridized carbons (Fsp3) is 0.688. The lowest BCUT2D eigenvalue weighted by Crippen LogP contribution is -2.39. The second-order valence-electron chi connectivity index (χ2n) is 6.74. The molecule has 0 unspecified atom stereocenters. The van der Waals surface area contributed by atoms with Crippen molar-refractivity contribution in [2.75, 3.05) is 45.7 Å². The van der Waals surface area contributed by atoms with E-state index in [0.29, 0.717) is 19.0 Å². The largest absolute Gasteiger partial charge is 0.385 e. The zero-order valence-electron chi connectivity index (χ0n) is 15.1. The lowest BCUT2D eigenvalue weighted by Gasteiger charge is -2.15. The molecule has 1 heterocycles. The summed E-state index contributed by atoms with van der Waals surface area (Å²) >= 11 is 0. The van der Waals surface area contributed by atoms with E-state index in [9.17, 15) is 9.59 Å². The van der Waals surface area contributed by atoms with Crippen molar-refractivity contribution in [1.29, 1.82) is 0 Å². The molecule has 0 aliphatic rings. The van der Waals surface area contributed by atoms with Crippen LogP contribution in [-0.4, -0.2) is 62.3 Å². The topological polar surface area (TPSA) is 96.7 Å². The number of aromatic nitrogens is 1. The number of carbonyl (C=O) groups excluding carboxylic acids is 2. The monoisotopic (exact) mass is 340 g/mol. The van der Waals surface area contributed by atoms with Gasteiger partial charge in [-0.2, -0.15) is 0 Å². The van der Waals surface area contributed by atoms with Gasteiger partial charge in [0.05, 0.1) is 18.8 Å². The highest BCUT2D eigenvalue weighted by molar-refractivity contribution is 5.91. The van der Waals surface area contributed by atoms with E-state index in [1.54, 1.807) is 25.1 Å². The molecule has 0 saturated heterocycles. The first-order valence-corrected chi connectivity index (χ1v) is 7.93. The third-order valence-electron chi connectivity index (χ3n) is 3.22. The molecule has 0 atom stereocenters. The van der Waals surface area contributed by atoms with Crippen LogP contribution in [0.3, 0.4) is 0 Å². The predicted octanol–water partition coefficient (Wildman–Crippen LogP) is 0.995. The maximum absolute atomic E-state index is 12.0. The zero-order chi connectivity index (χ0) is 18.2. The van der Waals surface area contributed by atoms with Crippen molar-refractivity contribution in [2.45, 2.75) is 32.6 Å². The summed E-state index contributed by atoms with van der Waals surface area (Å²) in [5.41, 5.74) is 0.617. The lowest BCUT2D eigenvalue weighted by molar-refractivity contribution is -0.123. The van der Waals surface area contributed by atoms with Crippen LogP contribution in [-0.2, 0) is 19.7 Å². The van der Waals surface area contributed by atoms with Crippen LogP contribution in [0.1, 0.15) is 32.9 Å². The Morgan fingerprint density at radius 2 is 1.96 bits per heavy atom. The van der Waals surface area contributed by atoms with Crippen LogP contribution in [0.2, 0.25) is 0 Å². The highest BCUT2D eigenvalue weighted by atomic mass is 16.5. The van der Waals surface area contributed by atoms with Gasteiger partial charge in [0.1, 0.15) is 0 Å². The number of hydrogen-bond acceptors (Lipinski definition) is 6. The van der Waals surface area contributed by atoms with Crippen molar-refractivity contribution in [3.63, 3.8) is 0 Å². The Kier molecular flexibility index (Phi) is 7.87. The molecule has 1 rings (SSSR count). The Morgan fingerprint density at radius 3 is 2.54 bits per heavy atom. The summed E-state index contributed by atoms with van der Waals surface area (Å²) in [6.07, 6.45) is 0.758. The second-order valence-corrected chi connectivity index (χ2v) is 6.74. The summed E-state index contributed by atoms with van der Waals surface area (Å²) in [6.45, 7) is 7.41. The minimum Gasteiger partial charge on any atom is -0.385 e. The smallest absolute Gasteiger partial charge is 0.240 e. The van der Waals surface area contributed by atoms with Gasteiger partial charge in [-0.05, 0) is 13.5 Å². The van der Waals surface area contributed by atoms with E-state index in [1.807, 2.05) is 20.8 Å². The van der Waals surface area contributed by atoms with Gasteiger partial charge in [-0.15, -0.1) is 0 Å². The molecule has 8 heteroatoms. The summed E-state index contributed by atoms with van der Waals surface area (Å²) in [7, 11) is 3.32. The van der Waals surface area contributed by atoms with Crippen molar-refractivity contribution in [2.24, 2.45) is 0 Å². The molecule has 0 bridgehead atoms. The van der Waals surface area contributed by atoms with Crippen LogP contribution < -0.4 is 10.6 Å². The van der Waals surface area contributed by atoms with Gasteiger partial charge in [0.2, 0.25) is 17.7 Å². The molecule has 0 aliphatic heterocycles. The van der Waals surface area contributed by atoms with Crippen LogP contribution >= 0.6 is 0 Å². The molecule has 2 amide bonds. The van der Waals surface area contributed by atoms with E-state index in [-0.39, 0.29) is 30.3 Å². The van der Waals surface area contributed by atoms with Gasteiger partial charge in [0.15, 0.2) is 0 Å². The summed E-state index contributed by atoms with van der Waals surface area (Å²) in [6, 6.07) is 1.71. The van der Waals surface area contributed by atoms with Crippen LogP contribution in [0.5, 0.6) is 0 Å². The van der Waals surface area contributed by atoms with Gasteiger partial charge in [0.25, 0.3) is 0 Å². The van der Waals surface area contributed by atoms with Crippen LogP contribution in [0.25, 0.3) is 0 Å². The third kappa shape index (κ3) is 7.56. The van der Waals surface area contributed by atoms with Gasteiger partial charge < -0.3 is 14.6 Å². The summed E-state index contributed by atoms with van der Waals surface area (Å²) < 4.78 is 10.0. The minimum absolute atomic E-state index is 0.0804. The molecule has 1 aromatic heterocycles. The number of ether oxygens (including phenoxy) is 1. The summed E-state index contributed by atoms with van der Waals surface area (Å²) in [4.78, 5) is 25.3. The second kappa shape index (κ2) is 9.39. The molecule has 0 spiro atoms. The number of carbonyl (C=O) groups is 2. The van der Waals surface area contributed by atoms with Gasteiger partial charge in [-0.3, -0.25) is 19.8 Å². The number of anilines is 1. The molecular formula is C16H28N4O4. The summed E-state index contributed by atoms with van der Waals surface area (Å²) in [5, 5.41) is 9.35. The molecule has 1 aromatic rings. The Bertz CT molecular complexity index is 536. The van der Waals surface area contributed by atoms with E-state index in [1.165, 1.54) is 0 Å². The number of likely N-dealkylation sites (N-methyl/N-ethyl adjacent to an activating group) is 1. The number of amides is 2. The minimum atomic E-state index is -0.263. The molecular weight excluding hydrogens is 312 g/mol. The zero-order valence-corrected chi connectivity index (χ0v) is 15.1. The lowest BCUT2D eigenvalue weighted by atomic mass is 9.92. The summed E-state index contributed by atoms with van der Waals surface area (Å²) in [5.74, 6) is -0.0836. The van der Waals surface area contributed by atoms with E-state index < -0.39 is 0 Å². The standard InChI is InChI=1S/C16H28N4O4/c1-16(2,3)12-9-15(24-19-12)18-14(22)11-20(4)10-13(21)17-7-6-8-23-5/h9H,6-8,10-11H2,1-5H3,(H,17,21)(H,18,22). The Balaban J connectivity index is 2.33. The quantitative estimate of drug-likeness (QED) is 0.651. The van der Waals surface area contributed by atoms with Crippen LogP contribution in [0.4, 0.5) is 5.88 Å². The van der Waals surface area contributed by atoms with Crippen molar-refractivity contribution < 1.29 is 18.8 Å². The van der Waals surface area contributed by atoms with Gasteiger partial charge in [0, 0.05) is 31.7 Å². The number of hydrogen-bond donors (Lipinski definition) is 2. The highest BCUT2D eigenvalue weighted by Gasteiger charge is 2.20. The van der Waals surface area contributed by atoms with Gasteiger partial charge in [-0.1, -0.05) is 25.9 Å². The predicted molar refractivity (Wildman–Crippen MR) is 90.8 cm³/mol. The maximum atomic E-state index is 12.0. The molecule has 8 nitrogen and oxygen atoms in total. The highest BCUT2D eigenvalue weighted by Crippen LogP contribution is 2.23. The fourth-order valence-electron chi connectivity index (χ4n) is 1.91. The average molecular weight is 340 g/mol. The van der Waals surface area contributed by atoms with E-state index >= 15 is 0 Å². The van der Waals surface area contributed by atoms with E-state index in [4.69, 9.17) is 9.26 Å². The molecule has 0 radical (unpaired) electrons. The maximum Gasteiger partial charge on any atom is 0.240 e. The SMILES string of the molecule is COCCCNC(=O)CN(C)CC(=O)Nc1cc(C(C)(C)C)no1. The van der Waals surface area contributed by atoms with Crippen molar-refractivity contribution in [3.05, 3.63) is 11.8 Å². The van der Waals surface area contributed by atoms with Crippen LogP contribution in [0, 0.1) is 0 Å². The Hall–Kier alpha value is -1.93.